The van der Waals surface area contributed by atoms with Gasteiger partial charge in [0.25, 0.3) is 5.91 Å². The van der Waals surface area contributed by atoms with Crippen LogP contribution in [0.2, 0.25) is 0 Å². The lowest BCUT2D eigenvalue weighted by Crippen LogP contribution is -2.43. The summed E-state index contributed by atoms with van der Waals surface area (Å²) in [6, 6.07) is -0.442. The van der Waals surface area contributed by atoms with E-state index < -0.39 is 11.6 Å². The van der Waals surface area contributed by atoms with Crippen molar-refractivity contribution in [2.75, 3.05) is 5.88 Å². The zero-order valence-electron chi connectivity index (χ0n) is 6.11. The molecule has 1 aliphatic rings. The highest BCUT2D eigenvalue weighted by Crippen LogP contribution is 2.14. The number of rotatable bonds is 2. The summed E-state index contributed by atoms with van der Waals surface area (Å²) in [7, 11) is 0. The molecule has 1 atom stereocenters. The molecule has 1 rings (SSSR count). The number of urea groups is 1. The molecule has 1 saturated heterocycles. The Morgan fingerprint density at radius 3 is 2.55 bits per heavy atom. The van der Waals surface area contributed by atoms with E-state index in [1.54, 1.807) is 6.92 Å². The van der Waals surface area contributed by atoms with Crippen LogP contribution in [-0.4, -0.2) is 23.4 Å². The monoisotopic (exact) mass is 176 g/mol. The van der Waals surface area contributed by atoms with Crippen LogP contribution in [0, 0.1) is 0 Å². The third kappa shape index (κ3) is 1.45. The fourth-order valence-corrected chi connectivity index (χ4v) is 1.32. The number of hydrogen-bond acceptors (Lipinski definition) is 2. The number of hydrogen-bond donors (Lipinski definition) is 2. The Morgan fingerprint density at radius 2 is 2.18 bits per heavy atom. The Kier molecular flexibility index (Phi) is 2.04. The molecule has 1 heterocycles. The van der Waals surface area contributed by atoms with Crippen LogP contribution in [0.25, 0.3) is 0 Å². The summed E-state index contributed by atoms with van der Waals surface area (Å²) >= 11 is 5.45. The van der Waals surface area contributed by atoms with E-state index in [4.69, 9.17) is 11.6 Å². The summed E-state index contributed by atoms with van der Waals surface area (Å²) in [4.78, 5) is 21.7. The van der Waals surface area contributed by atoms with E-state index in [0.29, 0.717) is 12.3 Å². The second-order valence-electron chi connectivity index (χ2n) is 2.68. The van der Waals surface area contributed by atoms with Crippen LogP contribution in [0.1, 0.15) is 13.3 Å². The number of amides is 3. The van der Waals surface area contributed by atoms with Crippen molar-refractivity contribution < 1.29 is 9.59 Å². The van der Waals surface area contributed by atoms with Crippen LogP contribution in [0.3, 0.4) is 0 Å². The van der Waals surface area contributed by atoms with Crippen LogP contribution in [0.5, 0.6) is 0 Å². The number of halogens is 1. The maximum atomic E-state index is 11.0. The molecule has 0 saturated carbocycles. The molecule has 1 aliphatic heterocycles. The smallest absolute Gasteiger partial charge is 0.322 e. The molecule has 0 aromatic heterocycles. The highest BCUT2D eigenvalue weighted by atomic mass is 35.5. The van der Waals surface area contributed by atoms with Gasteiger partial charge in [0.15, 0.2) is 0 Å². The Labute approximate surface area is 69.3 Å². The molecule has 0 aromatic rings. The van der Waals surface area contributed by atoms with E-state index >= 15 is 0 Å². The van der Waals surface area contributed by atoms with Crippen molar-refractivity contribution in [3.8, 4) is 0 Å². The van der Waals surface area contributed by atoms with Crippen molar-refractivity contribution >= 4 is 23.5 Å². The predicted octanol–water partition coefficient (Wildman–Crippen LogP) is 0.213. The summed E-state index contributed by atoms with van der Waals surface area (Å²) in [6.07, 6.45) is 0.451. The number of carbonyl (C=O) groups is 2. The second kappa shape index (κ2) is 2.70. The number of carbonyl (C=O) groups excluding carboxylic acids is 2. The number of imide groups is 1. The topological polar surface area (TPSA) is 58.2 Å². The Balaban J connectivity index is 2.70. The van der Waals surface area contributed by atoms with Crippen LogP contribution in [-0.2, 0) is 4.79 Å². The average molecular weight is 177 g/mol. The highest BCUT2D eigenvalue weighted by Gasteiger charge is 2.40. The summed E-state index contributed by atoms with van der Waals surface area (Å²) < 4.78 is 0. The van der Waals surface area contributed by atoms with Gasteiger partial charge in [-0.15, -0.1) is 11.6 Å². The van der Waals surface area contributed by atoms with Gasteiger partial charge in [-0.3, -0.25) is 10.1 Å². The first-order valence-corrected chi connectivity index (χ1v) is 3.81. The summed E-state index contributed by atoms with van der Waals surface area (Å²) in [5.74, 6) is 0.0488. The minimum atomic E-state index is -0.807. The van der Waals surface area contributed by atoms with Gasteiger partial charge in [-0.25, -0.2) is 4.79 Å². The molecule has 3 amide bonds. The van der Waals surface area contributed by atoms with Crippen molar-refractivity contribution in [2.24, 2.45) is 0 Å². The molecular weight excluding hydrogens is 168 g/mol. The first kappa shape index (κ1) is 8.33. The van der Waals surface area contributed by atoms with E-state index in [9.17, 15) is 9.59 Å². The highest BCUT2D eigenvalue weighted by molar-refractivity contribution is 6.18. The molecule has 0 spiro atoms. The Morgan fingerprint density at radius 1 is 1.55 bits per heavy atom. The van der Waals surface area contributed by atoms with Gasteiger partial charge < -0.3 is 5.32 Å². The van der Waals surface area contributed by atoms with Gasteiger partial charge in [-0.05, 0) is 13.3 Å². The Bertz CT molecular complexity index is 207. The molecular formula is C6H9ClN2O2. The van der Waals surface area contributed by atoms with Gasteiger partial charge in [-0.2, -0.15) is 0 Å². The fourth-order valence-electron chi connectivity index (χ4n) is 0.945. The van der Waals surface area contributed by atoms with Gasteiger partial charge in [0.2, 0.25) is 0 Å². The molecule has 11 heavy (non-hydrogen) atoms. The van der Waals surface area contributed by atoms with Crippen molar-refractivity contribution in [3.63, 3.8) is 0 Å². The lowest BCUT2D eigenvalue weighted by atomic mass is 10.00. The maximum absolute atomic E-state index is 11.0. The van der Waals surface area contributed by atoms with Gasteiger partial charge >= 0.3 is 6.03 Å². The number of alkyl halides is 1. The molecule has 2 N–H and O–H groups in total. The molecule has 62 valence electrons. The third-order valence-electron chi connectivity index (χ3n) is 1.71. The normalized spacial score (nSPS) is 30.0. The van der Waals surface area contributed by atoms with E-state index in [0.717, 1.165) is 0 Å². The largest absolute Gasteiger partial charge is 0.324 e. The summed E-state index contributed by atoms with van der Waals surface area (Å²) in [5, 5.41) is 4.64. The molecule has 0 aliphatic carbocycles. The second-order valence-corrected chi connectivity index (χ2v) is 3.06. The number of nitrogens with one attached hydrogen (secondary N) is 2. The molecule has 0 radical (unpaired) electrons. The molecule has 0 bridgehead atoms. The average Bonchev–Trinajstić information content (AvgIpc) is 2.08. The van der Waals surface area contributed by atoms with Gasteiger partial charge in [0, 0.05) is 5.88 Å². The van der Waals surface area contributed by atoms with Crippen LogP contribution < -0.4 is 10.6 Å². The quantitative estimate of drug-likeness (QED) is 0.467. The Hall–Kier alpha value is -0.770. The summed E-state index contributed by atoms with van der Waals surface area (Å²) in [5.41, 5.74) is -0.807. The lowest BCUT2D eigenvalue weighted by molar-refractivity contribution is -0.123. The van der Waals surface area contributed by atoms with Gasteiger partial charge in [0.05, 0.1) is 0 Å². The molecule has 1 fully saturated rings. The van der Waals surface area contributed by atoms with Gasteiger partial charge in [-0.1, -0.05) is 0 Å². The molecule has 0 aromatic carbocycles. The first-order chi connectivity index (χ1) is 5.08. The fraction of sp³-hybridized carbons (Fsp3) is 0.667. The van der Waals surface area contributed by atoms with Gasteiger partial charge in [0.1, 0.15) is 5.54 Å². The lowest BCUT2D eigenvalue weighted by Gasteiger charge is -2.17. The SMILES string of the molecule is CC1(CCCl)NC(=O)NC1=O. The van der Waals surface area contributed by atoms with Crippen molar-refractivity contribution in [2.45, 2.75) is 18.9 Å². The minimum Gasteiger partial charge on any atom is -0.324 e. The van der Waals surface area contributed by atoms with E-state index in [1.807, 2.05) is 0 Å². The molecule has 4 nitrogen and oxygen atoms in total. The van der Waals surface area contributed by atoms with Crippen molar-refractivity contribution in [1.82, 2.24) is 10.6 Å². The van der Waals surface area contributed by atoms with E-state index in [-0.39, 0.29) is 5.91 Å². The van der Waals surface area contributed by atoms with Crippen LogP contribution in [0.4, 0.5) is 4.79 Å². The van der Waals surface area contributed by atoms with Crippen molar-refractivity contribution in [3.05, 3.63) is 0 Å². The summed E-state index contributed by atoms with van der Waals surface area (Å²) in [6.45, 7) is 1.65. The zero-order chi connectivity index (χ0) is 8.48. The third-order valence-corrected chi connectivity index (χ3v) is 1.90. The standard InChI is InChI=1S/C6H9ClN2O2/c1-6(2-3-7)4(10)8-5(11)9-6/h2-3H2,1H3,(H2,8,9,10,11). The van der Waals surface area contributed by atoms with Crippen LogP contribution in [0.15, 0.2) is 0 Å². The zero-order valence-corrected chi connectivity index (χ0v) is 6.86. The minimum absolute atomic E-state index is 0.303. The predicted molar refractivity (Wildman–Crippen MR) is 40.4 cm³/mol. The first-order valence-electron chi connectivity index (χ1n) is 3.28. The maximum Gasteiger partial charge on any atom is 0.322 e. The van der Waals surface area contributed by atoms with Crippen LogP contribution >= 0.6 is 11.6 Å². The molecule has 1 unspecified atom stereocenters. The molecule has 5 heteroatoms. The van der Waals surface area contributed by atoms with E-state index in [2.05, 4.69) is 10.6 Å². The van der Waals surface area contributed by atoms with Crippen molar-refractivity contribution in [1.29, 1.82) is 0 Å². The van der Waals surface area contributed by atoms with E-state index in [1.165, 1.54) is 0 Å².